The fourth-order valence-corrected chi connectivity index (χ4v) is 3.58. The number of rotatable bonds is 4. The van der Waals surface area contributed by atoms with Gasteiger partial charge < -0.3 is 10.2 Å². The molecule has 0 aromatic rings. The third kappa shape index (κ3) is 3.46. The number of hydrogen-bond acceptors (Lipinski definition) is 3. The zero-order valence-corrected chi connectivity index (χ0v) is 12.7. The largest absolute Gasteiger partial charge is 0.316 e. The molecule has 0 radical (unpaired) electrons. The van der Waals surface area contributed by atoms with E-state index in [9.17, 15) is 0 Å². The van der Waals surface area contributed by atoms with Crippen molar-refractivity contribution in [2.75, 3.05) is 39.8 Å². The van der Waals surface area contributed by atoms with Gasteiger partial charge in [0.05, 0.1) is 0 Å². The van der Waals surface area contributed by atoms with E-state index in [0.29, 0.717) is 11.5 Å². The minimum Gasteiger partial charge on any atom is -0.316 e. The van der Waals surface area contributed by atoms with Crippen molar-refractivity contribution in [3.05, 3.63) is 0 Å². The van der Waals surface area contributed by atoms with Crippen LogP contribution in [0, 0.1) is 5.41 Å². The molecule has 0 aliphatic carbocycles. The molecule has 2 saturated heterocycles. The maximum atomic E-state index is 3.49. The minimum atomic E-state index is 0.365. The average Bonchev–Trinajstić information content (AvgIpc) is 2.75. The molecule has 0 saturated carbocycles. The van der Waals surface area contributed by atoms with Gasteiger partial charge in [-0.1, -0.05) is 20.8 Å². The van der Waals surface area contributed by atoms with Crippen molar-refractivity contribution in [3.8, 4) is 0 Å². The number of hydrogen-bond donors (Lipinski definition) is 1. The van der Waals surface area contributed by atoms with Crippen molar-refractivity contribution in [1.82, 2.24) is 15.1 Å². The highest BCUT2D eigenvalue weighted by molar-refractivity contribution is 4.88. The summed E-state index contributed by atoms with van der Waals surface area (Å²) in [6, 6.07) is 1.49. The van der Waals surface area contributed by atoms with Gasteiger partial charge in [0.1, 0.15) is 0 Å². The summed E-state index contributed by atoms with van der Waals surface area (Å²) in [6.07, 6.45) is 4.11. The van der Waals surface area contributed by atoms with Crippen LogP contribution in [0.3, 0.4) is 0 Å². The first-order valence-electron chi connectivity index (χ1n) is 7.64. The topological polar surface area (TPSA) is 18.5 Å². The number of fused-ring (bicyclic) bond motifs is 1. The summed E-state index contributed by atoms with van der Waals surface area (Å²) in [5.74, 6) is 0. The van der Waals surface area contributed by atoms with Crippen molar-refractivity contribution in [3.63, 3.8) is 0 Å². The SMILES string of the molecule is CNC(CCN1CCN2CCCC2C1)C(C)(C)C. The van der Waals surface area contributed by atoms with E-state index in [2.05, 4.69) is 42.9 Å². The Labute approximate surface area is 113 Å². The van der Waals surface area contributed by atoms with Gasteiger partial charge in [-0.3, -0.25) is 4.90 Å². The van der Waals surface area contributed by atoms with Crippen LogP contribution < -0.4 is 5.32 Å². The normalized spacial score (nSPS) is 28.3. The van der Waals surface area contributed by atoms with Crippen LogP contribution in [0.4, 0.5) is 0 Å². The second kappa shape index (κ2) is 5.89. The van der Waals surface area contributed by atoms with Crippen molar-refractivity contribution < 1.29 is 0 Å². The maximum absolute atomic E-state index is 3.49. The van der Waals surface area contributed by atoms with Crippen LogP contribution in [0.25, 0.3) is 0 Å². The molecule has 3 heteroatoms. The van der Waals surface area contributed by atoms with Gasteiger partial charge in [0.15, 0.2) is 0 Å². The molecule has 0 spiro atoms. The van der Waals surface area contributed by atoms with Crippen LogP contribution in [0.2, 0.25) is 0 Å². The molecule has 2 atom stereocenters. The molecule has 2 aliphatic heterocycles. The standard InChI is InChI=1S/C15H31N3/c1-15(2,3)14(16-4)7-9-17-10-11-18-8-5-6-13(18)12-17/h13-14,16H,5-12H2,1-4H3. The smallest absolute Gasteiger partial charge is 0.0224 e. The third-order valence-corrected chi connectivity index (χ3v) is 4.80. The predicted octanol–water partition coefficient (Wildman–Crippen LogP) is 1.79. The molecule has 2 rings (SSSR count). The monoisotopic (exact) mass is 253 g/mol. The molecule has 2 fully saturated rings. The molecule has 2 unspecified atom stereocenters. The predicted molar refractivity (Wildman–Crippen MR) is 78.0 cm³/mol. The van der Waals surface area contributed by atoms with Crippen molar-refractivity contribution in [2.24, 2.45) is 5.41 Å². The van der Waals surface area contributed by atoms with Crippen LogP contribution in [0.15, 0.2) is 0 Å². The van der Waals surface area contributed by atoms with E-state index >= 15 is 0 Å². The minimum absolute atomic E-state index is 0.365. The summed E-state index contributed by atoms with van der Waals surface area (Å²) >= 11 is 0. The Morgan fingerprint density at radius 1 is 1.22 bits per heavy atom. The summed E-state index contributed by atoms with van der Waals surface area (Å²) in [7, 11) is 2.10. The molecule has 18 heavy (non-hydrogen) atoms. The van der Waals surface area contributed by atoms with Gasteiger partial charge in [-0.2, -0.15) is 0 Å². The highest BCUT2D eigenvalue weighted by atomic mass is 15.3. The van der Waals surface area contributed by atoms with Crippen LogP contribution in [-0.2, 0) is 0 Å². The first-order chi connectivity index (χ1) is 8.50. The van der Waals surface area contributed by atoms with Crippen LogP contribution in [0.1, 0.15) is 40.0 Å². The maximum Gasteiger partial charge on any atom is 0.0224 e. The van der Waals surface area contributed by atoms with Crippen LogP contribution >= 0.6 is 0 Å². The lowest BCUT2D eigenvalue weighted by atomic mass is 9.85. The molecule has 0 aromatic heterocycles. The fourth-order valence-electron chi connectivity index (χ4n) is 3.58. The second-order valence-corrected chi connectivity index (χ2v) is 7.13. The first-order valence-corrected chi connectivity index (χ1v) is 7.64. The van der Waals surface area contributed by atoms with Gasteiger partial charge in [-0.25, -0.2) is 0 Å². The fraction of sp³-hybridized carbons (Fsp3) is 1.00. The Morgan fingerprint density at radius 3 is 2.67 bits per heavy atom. The Kier molecular flexibility index (Phi) is 4.68. The molecule has 1 N–H and O–H groups in total. The highest BCUT2D eigenvalue weighted by Gasteiger charge is 2.31. The lowest BCUT2D eigenvalue weighted by Crippen LogP contribution is -2.51. The molecule has 106 valence electrons. The highest BCUT2D eigenvalue weighted by Crippen LogP contribution is 2.24. The van der Waals surface area contributed by atoms with E-state index in [0.717, 1.165) is 6.04 Å². The molecule has 3 nitrogen and oxygen atoms in total. The van der Waals surface area contributed by atoms with Crippen molar-refractivity contribution in [1.29, 1.82) is 0 Å². The molecule has 0 amide bonds. The molecular weight excluding hydrogens is 222 g/mol. The number of piperazine rings is 1. The average molecular weight is 253 g/mol. The lowest BCUT2D eigenvalue weighted by Gasteiger charge is -2.39. The lowest BCUT2D eigenvalue weighted by molar-refractivity contribution is 0.0962. The Balaban J connectivity index is 1.76. The second-order valence-electron chi connectivity index (χ2n) is 7.13. The van der Waals surface area contributed by atoms with Gasteiger partial charge in [-0.05, 0) is 44.8 Å². The molecule has 0 bridgehead atoms. The Hall–Kier alpha value is -0.120. The Bertz CT molecular complexity index is 259. The summed E-state index contributed by atoms with van der Waals surface area (Å²) < 4.78 is 0. The van der Waals surface area contributed by atoms with E-state index in [4.69, 9.17) is 0 Å². The summed E-state index contributed by atoms with van der Waals surface area (Å²) in [5, 5.41) is 3.49. The van der Waals surface area contributed by atoms with Crippen LogP contribution in [-0.4, -0.2) is 61.7 Å². The van der Waals surface area contributed by atoms with Crippen molar-refractivity contribution in [2.45, 2.75) is 52.1 Å². The summed E-state index contributed by atoms with van der Waals surface area (Å²) in [5.41, 5.74) is 0.365. The number of nitrogens with zero attached hydrogens (tertiary/aromatic N) is 2. The number of nitrogens with one attached hydrogen (secondary N) is 1. The first kappa shape index (κ1) is 14.3. The van der Waals surface area contributed by atoms with E-state index < -0.39 is 0 Å². The van der Waals surface area contributed by atoms with E-state index in [1.807, 2.05) is 0 Å². The zero-order valence-electron chi connectivity index (χ0n) is 12.7. The molecule has 2 aliphatic rings. The third-order valence-electron chi connectivity index (χ3n) is 4.80. The molecule has 2 heterocycles. The van der Waals surface area contributed by atoms with Gasteiger partial charge >= 0.3 is 0 Å². The Morgan fingerprint density at radius 2 is 2.00 bits per heavy atom. The van der Waals surface area contributed by atoms with Gasteiger partial charge in [0, 0.05) is 31.7 Å². The zero-order chi connectivity index (χ0) is 13.2. The van der Waals surface area contributed by atoms with E-state index in [-0.39, 0.29) is 0 Å². The van der Waals surface area contributed by atoms with E-state index in [1.54, 1.807) is 0 Å². The van der Waals surface area contributed by atoms with Crippen LogP contribution in [0.5, 0.6) is 0 Å². The molecular formula is C15H31N3. The van der Waals surface area contributed by atoms with Gasteiger partial charge in [0.2, 0.25) is 0 Å². The van der Waals surface area contributed by atoms with E-state index in [1.165, 1.54) is 52.0 Å². The van der Waals surface area contributed by atoms with Gasteiger partial charge in [0.25, 0.3) is 0 Å². The summed E-state index contributed by atoms with van der Waals surface area (Å²) in [4.78, 5) is 5.37. The van der Waals surface area contributed by atoms with Gasteiger partial charge in [-0.15, -0.1) is 0 Å². The van der Waals surface area contributed by atoms with Crippen molar-refractivity contribution >= 4 is 0 Å². The quantitative estimate of drug-likeness (QED) is 0.824. The molecule has 0 aromatic carbocycles. The summed E-state index contributed by atoms with van der Waals surface area (Å²) in [6.45, 7) is 13.5.